The van der Waals surface area contributed by atoms with Crippen LogP contribution in [0.2, 0.25) is 0 Å². The van der Waals surface area contributed by atoms with Gasteiger partial charge in [0.1, 0.15) is 5.78 Å². The average molecular weight is 168 g/mol. The van der Waals surface area contributed by atoms with Crippen LogP contribution in [0.3, 0.4) is 0 Å². The first kappa shape index (κ1) is 8.24. The lowest BCUT2D eigenvalue weighted by Crippen LogP contribution is -2.39. The fourth-order valence-electron chi connectivity index (χ4n) is 2.79. The summed E-state index contributed by atoms with van der Waals surface area (Å²) < 4.78 is 0. The Bertz CT molecular complexity index is 192. The van der Waals surface area contributed by atoms with Crippen LogP contribution in [0.25, 0.3) is 0 Å². The molecule has 2 saturated carbocycles. The molecule has 0 aromatic rings. The van der Waals surface area contributed by atoms with Gasteiger partial charge in [0.25, 0.3) is 0 Å². The first-order valence-corrected chi connectivity index (χ1v) is 4.93. The van der Waals surface area contributed by atoms with Gasteiger partial charge in [0.15, 0.2) is 0 Å². The SMILES string of the molecule is O=C1CCC(O)C2(CCCC2)C1. The van der Waals surface area contributed by atoms with E-state index in [0.29, 0.717) is 25.0 Å². The van der Waals surface area contributed by atoms with Crippen molar-refractivity contribution in [2.45, 2.75) is 51.0 Å². The van der Waals surface area contributed by atoms with Crippen LogP contribution in [-0.4, -0.2) is 17.0 Å². The summed E-state index contributed by atoms with van der Waals surface area (Å²) in [5, 5.41) is 9.82. The smallest absolute Gasteiger partial charge is 0.133 e. The molecule has 0 heterocycles. The van der Waals surface area contributed by atoms with Crippen LogP contribution in [-0.2, 0) is 4.79 Å². The van der Waals surface area contributed by atoms with Crippen LogP contribution < -0.4 is 0 Å². The molecule has 0 bridgehead atoms. The summed E-state index contributed by atoms with van der Waals surface area (Å²) in [6.07, 6.45) is 6.29. The van der Waals surface area contributed by atoms with Crippen molar-refractivity contribution in [1.82, 2.24) is 0 Å². The van der Waals surface area contributed by atoms with Gasteiger partial charge in [-0.15, -0.1) is 0 Å². The summed E-state index contributed by atoms with van der Waals surface area (Å²) in [6.45, 7) is 0. The van der Waals surface area contributed by atoms with Gasteiger partial charge >= 0.3 is 0 Å². The molecule has 0 saturated heterocycles. The maximum Gasteiger partial charge on any atom is 0.133 e. The Morgan fingerprint density at radius 3 is 2.67 bits per heavy atom. The molecule has 2 rings (SSSR count). The molecule has 1 spiro atoms. The molecule has 1 N–H and O–H groups in total. The number of carbonyl (C=O) groups excluding carboxylic acids is 1. The highest BCUT2D eigenvalue weighted by Gasteiger charge is 2.44. The minimum absolute atomic E-state index is 0.00926. The molecule has 0 aromatic heterocycles. The third kappa shape index (κ3) is 1.18. The van der Waals surface area contributed by atoms with Gasteiger partial charge in [0.05, 0.1) is 6.10 Å². The van der Waals surface area contributed by atoms with Gasteiger partial charge in [-0.2, -0.15) is 0 Å². The Balaban J connectivity index is 2.14. The highest BCUT2D eigenvalue weighted by Crippen LogP contribution is 2.47. The molecular formula is C10H16O2. The number of ketones is 1. The maximum atomic E-state index is 11.3. The Morgan fingerprint density at radius 1 is 1.33 bits per heavy atom. The van der Waals surface area contributed by atoms with Crippen molar-refractivity contribution in [2.24, 2.45) is 5.41 Å². The van der Waals surface area contributed by atoms with E-state index in [9.17, 15) is 9.90 Å². The fraction of sp³-hybridized carbons (Fsp3) is 0.900. The van der Waals surface area contributed by atoms with Crippen molar-refractivity contribution in [1.29, 1.82) is 0 Å². The summed E-state index contributed by atoms with van der Waals surface area (Å²) in [6, 6.07) is 0. The molecule has 0 amide bonds. The predicted octanol–water partition coefficient (Wildman–Crippen LogP) is 1.66. The second kappa shape index (κ2) is 2.84. The first-order chi connectivity index (χ1) is 5.73. The quantitative estimate of drug-likeness (QED) is 0.597. The van der Waals surface area contributed by atoms with E-state index in [2.05, 4.69) is 0 Å². The van der Waals surface area contributed by atoms with Crippen LogP contribution >= 0.6 is 0 Å². The first-order valence-electron chi connectivity index (χ1n) is 4.93. The average Bonchev–Trinajstić information content (AvgIpc) is 2.48. The molecule has 2 aliphatic carbocycles. The van der Waals surface area contributed by atoms with Gasteiger partial charge in [-0.1, -0.05) is 12.8 Å². The molecule has 0 radical (unpaired) electrons. The third-order valence-corrected chi connectivity index (χ3v) is 3.55. The van der Waals surface area contributed by atoms with Crippen LogP contribution in [0.1, 0.15) is 44.9 Å². The van der Waals surface area contributed by atoms with E-state index in [1.54, 1.807) is 0 Å². The lowest BCUT2D eigenvalue weighted by molar-refractivity contribution is -0.129. The summed E-state index contributed by atoms with van der Waals surface area (Å²) in [5.74, 6) is 0.363. The van der Waals surface area contributed by atoms with E-state index < -0.39 is 0 Å². The van der Waals surface area contributed by atoms with Crippen LogP contribution in [0.5, 0.6) is 0 Å². The Kier molecular flexibility index (Phi) is 1.95. The zero-order valence-electron chi connectivity index (χ0n) is 7.38. The van der Waals surface area contributed by atoms with Crippen LogP contribution in [0.15, 0.2) is 0 Å². The van der Waals surface area contributed by atoms with Crippen molar-refractivity contribution < 1.29 is 9.90 Å². The van der Waals surface area contributed by atoms with Gasteiger partial charge < -0.3 is 5.11 Å². The summed E-state index contributed by atoms with van der Waals surface area (Å²) in [4.78, 5) is 11.3. The predicted molar refractivity (Wildman–Crippen MR) is 45.8 cm³/mol. The normalized spacial score (nSPS) is 34.4. The van der Waals surface area contributed by atoms with E-state index >= 15 is 0 Å². The summed E-state index contributed by atoms with van der Waals surface area (Å²) in [7, 11) is 0. The number of carbonyl (C=O) groups is 1. The monoisotopic (exact) mass is 168 g/mol. The van der Waals surface area contributed by atoms with Crippen molar-refractivity contribution >= 4 is 5.78 Å². The zero-order chi connectivity index (χ0) is 8.60. The largest absolute Gasteiger partial charge is 0.393 e. The minimum Gasteiger partial charge on any atom is -0.393 e. The van der Waals surface area contributed by atoms with Crippen molar-refractivity contribution in [2.75, 3.05) is 0 Å². The lowest BCUT2D eigenvalue weighted by Gasteiger charge is -2.37. The number of hydrogen-bond acceptors (Lipinski definition) is 2. The van der Waals surface area contributed by atoms with Gasteiger partial charge in [-0.05, 0) is 19.3 Å². The van der Waals surface area contributed by atoms with Gasteiger partial charge in [0, 0.05) is 18.3 Å². The molecule has 0 aliphatic heterocycles. The highest BCUT2D eigenvalue weighted by atomic mass is 16.3. The molecule has 1 atom stereocenters. The molecule has 2 nitrogen and oxygen atoms in total. The van der Waals surface area contributed by atoms with Crippen LogP contribution in [0, 0.1) is 5.41 Å². The maximum absolute atomic E-state index is 11.3. The van der Waals surface area contributed by atoms with Crippen LogP contribution in [0.4, 0.5) is 0 Å². The molecule has 68 valence electrons. The Morgan fingerprint density at radius 2 is 2.00 bits per heavy atom. The standard InChI is InChI=1S/C10H16O2/c11-8-3-4-9(12)10(7-8)5-1-2-6-10/h9,12H,1-7H2. The third-order valence-electron chi connectivity index (χ3n) is 3.55. The van der Waals surface area contributed by atoms with Gasteiger partial charge in [-0.3, -0.25) is 4.79 Å². The lowest BCUT2D eigenvalue weighted by atomic mass is 9.70. The summed E-state index contributed by atoms with van der Waals surface area (Å²) in [5.41, 5.74) is 0.00926. The molecule has 0 aromatic carbocycles. The van der Waals surface area contributed by atoms with Crippen molar-refractivity contribution in [3.05, 3.63) is 0 Å². The Hall–Kier alpha value is -0.370. The number of aliphatic hydroxyl groups excluding tert-OH is 1. The number of Topliss-reactive ketones (excluding diaryl/α,β-unsaturated/α-hetero) is 1. The number of hydrogen-bond donors (Lipinski definition) is 1. The number of aliphatic hydroxyl groups is 1. The molecule has 2 aliphatic rings. The topological polar surface area (TPSA) is 37.3 Å². The van der Waals surface area contributed by atoms with Gasteiger partial charge in [0.2, 0.25) is 0 Å². The van der Waals surface area contributed by atoms with Crippen molar-refractivity contribution in [3.8, 4) is 0 Å². The zero-order valence-corrected chi connectivity index (χ0v) is 7.38. The highest BCUT2D eigenvalue weighted by molar-refractivity contribution is 5.80. The summed E-state index contributed by atoms with van der Waals surface area (Å²) >= 11 is 0. The minimum atomic E-state index is -0.197. The van der Waals surface area contributed by atoms with Gasteiger partial charge in [-0.25, -0.2) is 0 Å². The van der Waals surface area contributed by atoms with E-state index in [0.717, 1.165) is 12.8 Å². The molecule has 2 fully saturated rings. The fourth-order valence-corrected chi connectivity index (χ4v) is 2.79. The van der Waals surface area contributed by atoms with E-state index in [1.807, 2.05) is 0 Å². The molecule has 12 heavy (non-hydrogen) atoms. The van der Waals surface area contributed by atoms with E-state index in [-0.39, 0.29) is 11.5 Å². The Labute approximate surface area is 73.0 Å². The van der Waals surface area contributed by atoms with E-state index in [4.69, 9.17) is 0 Å². The second-order valence-electron chi connectivity index (χ2n) is 4.34. The van der Waals surface area contributed by atoms with Crippen molar-refractivity contribution in [3.63, 3.8) is 0 Å². The molecular weight excluding hydrogens is 152 g/mol. The number of rotatable bonds is 0. The molecule has 1 unspecified atom stereocenters. The molecule has 2 heteroatoms. The van der Waals surface area contributed by atoms with E-state index in [1.165, 1.54) is 12.8 Å². The second-order valence-corrected chi connectivity index (χ2v) is 4.34.